The first-order chi connectivity index (χ1) is 12.0. The van der Waals surface area contributed by atoms with Crippen molar-refractivity contribution in [1.29, 1.82) is 0 Å². The number of amides is 1. The molecule has 2 N–H and O–H groups in total. The molecule has 0 spiro atoms. The summed E-state index contributed by atoms with van der Waals surface area (Å²) in [5.41, 5.74) is 1.03. The van der Waals surface area contributed by atoms with Gasteiger partial charge in [0, 0.05) is 19.6 Å². The van der Waals surface area contributed by atoms with Gasteiger partial charge in [0.25, 0.3) is 0 Å². The van der Waals surface area contributed by atoms with Gasteiger partial charge in [-0.3, -0.25) is 4.79 Å². The summed E-state index contributed by atoms with van der Waals surface area (Å²) in [6.07, 6.45) is 3.82. The van der Waals surface area contributed by atoms with E-state index in [1.54, 1.807) is 24.3 Å². The molecular weight excluding hydrogens is 374 g/mol. The number of hydrogen-bond acceptors (Lipinski definition) is 4. The average molecular weight is 402 g/mol. The number of rotatable bonds is 5. The summed E-state index contributed by atoms with van der Waals surface area (Å²) in [5, 5.41) is 3.25. The number of carbonyl (C=O) groups is 1. The second kappa shape index (κ2) is 9.17. The summed E-state index contributed by atoms with van der Waals surface area (Å²) < 4.78 is 27.5. The van der Waals surface area contributed by atoms with Crippen molar-refractivity contribution >= 4 is 28.3 Å². The Balaban J connectivity index is 0.00000243. The molecule has 2 fully saturated rings. The Morgan fingerprint density at radius 3 is 2.62 bits per heavy atom. The fourth-order valence-electron chi connectivity index (χ4n) is 3.58. The van der Waals surface area contributed by atoms with Crippen LogP contribution in [-0.4, -0.2) is 51.4 Å². The van der Waals surface area contributed by atoms with Crippen molar-refractivity contribution in [2.45, 2.75) is 43.5 Å². The lowest BCUT2D eigenvalue weighted by atomic mass is 9.97. The van der Waals surface area contributed by atoms with Crippen molar-refractivity contribution < 1.29 is 13.2 Å². The zero-order valence-corrected chi connectivity index (χ0v) is 16.7. The molecular formula is C18H28ClN3O3S. The van der Waals surface area contributed by atoms with Gasteiger partial charge in [-0.25, -0.2) is 13.1 Å². The van der Waals surface area contributed by atoms with E-state index in [0.29, 0.717) is 13.1 Å². The van der Waals surface area contributed by atoms with Crippen LogP contribution in [0.1, 0.15) is 31.2 Å². The summed E-state index contributed by atoms with van der Waals surface area (Å²) in [4.78, 5) is 14.7. The quantitative estimate of drug-likeness (QED) is 0.786. The number of nitrogens with one attached hydrogen (secondary N) is 2. The molecule has 0 aliphatic carbocycles. The van der Waals surface area contributed by atoms with Gasteiger partial charge in [-0.1, -0.05) is 17.7 Å². The van der Waals surface area contributed by atoms with Crippen LogP contribution in [-0.2, 0) is 14.8 Å². The Hall–Kier alpha value is -1.15. The Morgan fingerprint density at radius 1 is 1.23 bits per heavy atom. The minimum atomic E-state index is -3.50. The molecule has 146 valence electrons. The molecule has 2 saturated heterocycles. The van der Waals surface area contributed by atoms with Gasteiger partial charge >= 0.3 is 0 Å². The van der Waals surface area contributed by atoms with Crippen LogP contribution in [0.15, 0.2) is 29.2 Å². The molecule has 2 aliphatic rings. The largest absolute Gasteiger partial charge is 0.341 e. The van der Waals surface area contributed by atoms with Crippen molar-refractivity contribution in [3.05, 3.63) is 29.8 Å². The van der Waals surface area contributed by atoms with E-state index in [4.69, 9.17) is 0 Å². The molecule has 2 heterocycles. The van der Waals surface area contributed by atoms with E-state index in [-0.39, 0.29) is 35.2 Å². The average Bonchev–Trinajstić information content (AvgIpc) is 3.15. The summed E-state index contributed by atoms with van der Waals surface area (Å²) in [6.45, 7) is 4.62. The minimum Gasteiger partial charge on any atom is -0.341 e. The standard InChI is InChI=1S/C18H27N3O3S.ClH/c1-14-6-8-16(9-7-14)25(23,24)20-12-15-4-3-11-21(13-15)18(22)17-5-2-10-19-17;/h6-9,15,17,19-20H,2-5,10-13H2,1H3;1H. The van der Waals surface area contributed by atoms with E-state index in [0.717, 1.165) is 44.3 Å². The Morgan fingerprint density at radius 2 is 1.96 bits per heavy atom. The smallest absolute Gasteiger partial charge is 0.240 e. The molecule has 6 nitrogen and oxygen atoms in total. The van der Waals surface area contributed by atoms with Gasteiger partial charge in [0.15, 0.2) is 0 Å². The van der Waals surface area contributed by atoms with Crippen molar-refractivity contribution in [3.63, 3.8) is 0 Å². The first kappa shape index (κ1) is 21.2. The lowest BCUT2D eigenvalue weighted by Crippen LogP contribution is -2.49. The molecule has 2 aliphatic heterocycles. The highest BCUT2D eigenvalue weighted by molar-refractivity contribution is 7.89. The van der Waals surface area contributed by atoms with Crippen LogP contribution in [0, 0.1) is 12.8 Å². The first-order valence-corrected chi connectivity index (χ1v) is 10.5. The van der Waals surface area contributed by atoms with Gasteiger partial charge in [-0.05, 0) is 57.2 Å². The molecule has 8 heteroatoms. The van der Waals surface area contributed by atoms with E-state index in [1.165, 1.54) is 0 Å². The summed E-state index contributed by atoms with van der Waals surface area (Å²) in [5.74, 6) is 0.336. The van der Waals surface area contributed by atoms with Crippen LogP contribution in [0.5, 0.6) is 0 Å². The van der Waals surface area contributed by atoms with Crippen LogP contribution in [0.2, 0.25) is 0 Å². The van der Waals surface area contributed by atoms with E-state index in [2.05, 4.69) is 10.0 Å². The van der Waals surface area contributed by atoms with Crippen molar-refractivity contribution in [2.24, 2.45) is 5.92 Å². The number of likely N-dealkylation sites (tertiary alicyclic amines) is 1. The zero-order valence-electron chi connectivity index (χ0n) is 15.1. The lowest BCUT2D eigenvalue weighted by Gasteiger charge is -2.34. The molecule has 1 aromatic carbocycles. The van der Waals surface area contributed by atoms with Gasteiger partial charge < -0.3 is 10.2 Å². The number of nitrogens with zero attached hydrogens (tertiary/aromatic N) is 1. The normalized spacial score (nSPS) is 23.5. The molecule has 2 unspecified atom stereocenters. The van der Waals surface area contributed by atoms with Crippen LogP contribution in [0.4, 0.5) is 0 Å². The number of carbonyl (C=O) groups excluding carboxylic acids is 1. The molecule has 1 aromatic rings. The predicted molar refractivity (Wildman–Crippen MR) is 104 cm³/mol. The van der Waals surface area contributed by atoms with E-state index in [1.807, 2.05) is 11.8 Å². The predicted octanol–water partition coefficient (Wildman–Crippen LogP) is 1.69. The van der Waals surface area contributed by atoms with E-state index < -0.39 is 10.0 Å². The molecule has 0 saturated carbocycles. The van der Waals surface area contributed by atoms with Crippen LogP contribution < -0.4 is 10.0 Å². The second-order valence-electron chi connectivity index (χ2n) is 7.11. The minimum absolute atomic E-state index is 0. The van der Waals surface area contributed by atoms with Crippen molar-refractivity contribution in [3.8, 4) is 0 Å². The highest BCUT2D eigenvalue weighted by Crippen LogP contribution is 2.19. The molecule has 3 rings (SSSR count). The van der Waals surface area contributed by atoms with Crippen molar-refractivity contribution in [2.75, 3.05) is 26.2 Å². The summed E-state index contributed by atoms with van der Waals surface area (Å²) >= 11 is 0. The molecule has 0 radical (unpaired) electrons. The highest BCUT2D eigenvalue weighted by Gasteiger charge is 2.30. The molecule has 1 amide bonds. The summed E-state index contributed by atoms with van der Waals surface area (Å²) in [7, 11) is -3.50. The maximum absolute atomic E-state index is 12.5. The van der Waals surface area contributed by atoms with Gasteiger partial charge in [0.05, 0.1) is 10.9 Å². The van der Waals surface area contributed by atoms with Crippen LogP contribution >= 0.6 is 12.4 Å². The monoisotopic (exact) mass is 401 g/mol. The second-order valence-corrected chi connectivity index (χ2v) is 8.87. The Kier molecular flexibility index (Phi) is 7.46. The number of sulfonamides is 1. The number of aryl methyl sites for hydroxylation is 1. The number of benzene rings is 1. The highest BCUT2D eigenvalue weighted by atomic mass is 35.5. The topological polar surface area (TPSA) is 78.5 Å². The zero-order chi connectivity index (χ0) is 17.9. The fourth-order valence-corrected chi connectivity index (χ4v) is 4.69. The van der Waals surface area contributed by atoms with Crippen LogP contribution in [0.3, 0.4) is 0 Å². The molecule has 0 aromatic heterocycles. The SMILES string of the molecule is Cc1ccc(S(=O)(=O)NCC2CCCN(C(=O)C3CCCN3)C2)cc1.Cl. The lowest BCUT2D eigenvalue weighted by molar-refractivity contribution is -0.134. The first-order valence-electron chi connectivity index (χ1n) is 9.04. The van der Waals surface area contributed by atoms with Gasteiger partial charge in [-0.15, -0.1) is 12.4 Å². The molecule has 0 bridgehead atoms. The number of hydrogen-bond donors (Lipinski definition) is 2. The number of halogens is 1. The summed E-state index contributed by atoms with van der Waals surface area (Å²) in [6, 6.07) is 6.79. The van der Waals surface area contributed by atoms with E-state index in [9.17, 15) is 13.2 Å². The maximum atomic E-state index is 12.5. The van der Waals surface area contributed by atoms with Crippen molar-refractivity contribution in [1.82, 2.24) is 14.9 Å². The van der Waals surface area contributed by atoms with Gasteiger partial charge in [0.2, 0.25) is 15.9 Å². The third-order valence-electron chi connectivity index (χ3n) is 5.08. The molecule has 2 atom stereocenters. The third kappa shape index (κ3) is 5.19. The number of piperidine rings is 1. The fraction of sp³-hybridized carbons (Fsp3) is 0.611. The van der Waals surface area contributed by atoms with Gasteiger partial charge in [0.1, 0.15) is 0 Å². The Bertz CT molecular complexity index is 703. The van der Waals surface area contributed by atoms with E-state index >= 15 is 0 Å². The van der Waals surface area contributed by atoms with Crippen LogP contribution in [0.25, 0.3) is 0 Å². The maximum Gasteiger partial charge on any atom is 0.240 e. The molecule has 26 heavy (non-hydrogen) atoms. The Labute approximate surface area is 162 Å². The third-order valence-corrected chi connectivity index (χ3v) is 6.52. The van der Waals surface area contributed by atoms with Gasteiger partial charge in [-0.2, -0.15) is 0 Å².